The van der Waals surface area contributed by atoms with Crippen LogP contribution in [-0.4, -0.2) is 73.7 Å². The molecule has 3 saturated carbocycles. The highest BCUT2D eigenvalue weighted by Crippen LogP contribution is 2.65. The van der Waals surface area contributed by atoms with Crippen molar-refractivity contribution < 1.29 is 9.53 Å². The number of aromatic nitrogens is 2. The Kier molecular flexibility index (Phi) is 6.92. The van der Waals surface area contributed by atoms with Crippen LogP contribution in [0.15, 0.2) is 24.4 Å². The maximum atomic E-state index is 12.9. The van der Waals surface area contributed by atoms with Crippen LogP contribution in [-0.2, 0) is 4.79 Å². The van der Waals surface area contributed by atoms with Crippen molar-refractivity contribution in [1.29, 1.82) is 0 Å². The van der Waals surface area contributed by atoms with E-state index in [1.165, 1.54) is 0 Å². The van der Waals surface area contributed by atoms with Gasteiger partial charge < -0.3 is 30.5 Å². The number of aryl methyl sites for hydroxylation is 1. The van der Waals surface area contributed by atoms with Crippen molar-refractivity contribution in [3.63, 3.8) is 0 Å². The summed E-state index contributed by atoms with van der Waals surface area (Å²) in [6.07, 6.45) is 3.87. The van der Waals surface area contributed by atoms with Gasteiger partial charge in [0, 0.05) is 43.7 Å². The fraction of sp³-hybridized carbons (Fsp3) is 0.621. The highest BCUT2D eigenvalue weighted by Gasteiger charge is 2.64. The molecule has 4 atom stereocenters. The minimum atomic E-state index is -0.398. The van der Waals surface area contributed by atoms with Crippen molar-refractivity contribution in [3.05, 3.63) is 30.0 Å². The summed E-state index contributed by atoms with van der Waals surface area (Å²) in [7, 11) is 5.92. The smallest absolute Gasteiger partial charge is 0.229 e. The van der Waals surface area contributed by atoms with E-state index in [1.54, 1.807) is 7.05 Å². The number of carbonyl (C=O) groups is 1. The molecule has 3 fully saturated rings. The van der Waals surface area contributed by atoms with Crippen LogP contribution < -0.4 is 25.6 Å². The van der Waals surface area contributed by atoms with Gasteiger partial charge in [-0.3, -0.25) is 4.79 Å². The lowest BCUT2D eigenvalue weighted by Crippen LogP contribution is -2.69. The molecule has 1 amide bonds. The van der Waals surface area contributed by atoms with Gasteiger partial charge in [0.25, 0.3) is 0 Å². The molecular weight excluding hydrogens is 478 g/mol. The maximum Gasteiger partial charge on any atom is 0.229 e. The molecular formula is C29H43N7O2. The van der Waals surface area contributed by atoms with Crippen molar-refractivity contribution >= 4 is 29.0 Å². The van der Waals surface area contributed by atoms with Crippen LogP contribution >= 0.6 is 0 Å². The third-order valence-corrected chi connectivity index (χ3v) is 9.35. The van der Waals surface area contributed by atoms with Gasteiger partial charge in [-0.25, -0.2) is 4.98 Å². The van der Waals surface area contributed by atoms with Crippen molar-refractivity contribution in [2.24, 2.45) is 23.2 Å². The number of nitrogens with zero attached hydrogens (tertiary/aromatic N) is 4. The molecule has 1 aliphatic heterocycles. The standard InChI is InChI=1S/C29H43N7O2/c1-18-17-31-27(32-20-8-9-22-23(16-20)38-13-12-36(22)11-10-35(6)7)33-25(18)34-29(4)21(26(37)30-5)14-19-15-24(29)28(19,2)3/h8-9,16-17,19,21,24H,10-15H2,1-7H3,(H,30,37)(H2,31,32,33,34)/t19-,21-,24-,29+/m1/s1. The van der Waals surface area contributed by atoms with E-state index in [4.69, 9.17) is 9.72 Å². The lowest BCUT2D eigenvalue weighted by molar-refractivity contribution is -0.155. The van der Waals surface area contributed by atoms with E-state index in [0.717, 1.165) is 61.0 Å². The van der Waals surface area contributed by atoms with E-state index in [0.29, 0.717) is 24.4 Å². The molecule has 2 heterocycles. The molecule has 38 heavy (non-hydrogen) atoms. The van der Waals surface area contributed by atoms with E-state index in [9.17, 15) is 4.79 Å². The summed E-state index contributed by atoms with van der Waals surface area (Å²) >= 11 is 0. The number of amides is 1. The van der Waals surface area contributed by atoms with Gasteiger partial charge in [0.15, 0.2) is 0 Å². The number of nitrogens with one attached hydrogen (secondary N) is 3. The number of rotatable bonds is 8. The molecule has 0 unspecified atom stereocenters. The molecule has 0 spiro atoms. The topological polar surface area (TPSA) is 94.6 Å². The van der Waals surface area contributed by atoms with Gasteiger partial charge in [-0.2, -0.15) is 4.98 Å². The van der Waals surface area contributed by atoms with Crippen LogP contribution in [0.2, 0.25) is 0 Å². The van der Waals surface area contributed by atoms with E-state index >= 15 is 0 Å². The van der Waals surface area contributed by atoms with Crippen molar-refractivity contribution in [1.82, 2.24) is 20.2 Å². The van der Waals surface area contributed by atoms with Crippen molar-refractivity contribution in [3.8, 4) is 5.75 Å². The summed E-state index contributed by atoms with van der Waals surface area (Å²) in [5.41, 5.74) is 2.74. The minimum absolute atomic E-state index is 0.101. The molecule has 0 radical (unpaired) electrons. The summed E-state index contributed by atoms with van der Waals surface area (Å²) in [4.78, 5) is 26.9. The Balaban J connectivity index is 1.37. The zero-order valence-corrected chi connectivity index (χ0v) is 23.9. The van der Waals surface area contributed by atoms with Gasteiger partial charge >= 0.3 is 0 Å². The van der Waals surface area contributed by atoms with Crippen LogP contribution in [0.3, 0.4) is 0 Å². The van der Waals surface area contributed by atoms with Gasteiger partial charge in [0.05, 0.1) is 23.7 Å². The third-order valence-electron chi connectivity index (χ3n) is 9.35. The van der Waals surface area contributed by atoms with Gasteiger partial charge in [-0.15, -0.1) is 0 Å². The summed E-state index contributed by atoms with van der Waals surface area (Å²) < 4.78 is 5.99. The minimum Gasteiger partial charge on any atom is -0.489 e. The van der Waals surface area contributed by atoms with Gasteiger partial charge in [0.2, 0.25) is 11.9 Å². The Labute approximate surface area is 226 Å². The SMILES string of the molecule is CNC(=O)[C@H]1C[C@@H]2C[C@H](C2(C)C)[C@@]1(C)Nc1nc(Nc2ccc3c(c2)OCCN3CCN(C)C)ncc1C. The monoisotopic (exact) mass is 521 g/mol. The van der Waals surface area contributed by atoms with E-state index < -0.39 is 5.54 Å². The summed E-state index contributed by atoms with van der Waals surface area (Å²) in [6, 6.07) is 6.17. The highest BCUT2D eigenvalue weighted by atomic mass is 16.5. The number of carbonyl (C=O) groups excluding carboxylic acids is 1. The number of anilines is 4. The van der Waals surface area contributed by atoms with E-state index in [1.807, 2.05) is 25.3 Å². The van der Waals surface area contributed by atoms with E-state index in [-0.39, 0.29) is 17.2 Å². The Morgan fingerprint density at radius 3 is 2.74 bits per heavy atom. The normalized spacial score (nSPS) is 27.2. The first-order valence-electron chi connectivity index (χ1n) is 13.8. The Morgan fingerprint density at radius 1 is 1.24 bits per heavy atom. The van der Waals surface area contributed by atoms with Crippen molar-refractivity contribution in [2.45, 2.75) is 46.1 Å². The fourth-order valence-corrected chi connectivity index (χ4v) is 6.85. The molecule has 2 bridgehead atoms. The second-order valence-electron chi connectivity index (χ2n) is 12.3. The van der Waals surface area contributed by atoms with Gasteiger partial charge in [0.1, 0.15) is 18.2 Å². The summed E-state index contributed by atoms with van der Waals surface area (Å²) in [6.45, 7) is 12.4. The van der Waals surface area contributed by atoms with Crippen LogP contribution in [0, 0.1) is 30.1 Å². The lowest BCUT2D eigenvalue weighted by atomic mass is 9.40. The van der Waals surface area contributed by atoms with Crippen LogP contribution in [0.5, 0.6) is 5.75 Å². The maximum absolute atomic E-state index is 12.9. The molecule has 206 valence electrons. The fourth-order valence-electron chi connectivity index (χ4n) is 6.85. The average Bonchev–Trinajstić information content (AvgIpc) is 2.88. The van der Waals surface area contributed by atoms with Crippen LogP contribution in [0.25, 0.3) is 0 Å². The first-order valence-corrected chi connectivity index (χ1v) is 13.8. The number of likely N-dealkylation sites (N-methyl/N-ethyl adjacent to an activating group) is 1. The van der Waals surface area contributed by atoms with E-state index in [2.05, 4.69) is 71.7 Å². The molecule has 6 rings (SSSR count). The highest BCUT2D eigenvalue weighted by molar-refractivity contribution is 5.81. The molecule has 1 aromatic carbocycles. The summed E-state index contributed by atoms with van der Waals surface area (Å²) in [5, 5.41) is 10.0. The number of ether oxygens (including phenoxy) is 1. The number of hydrogen-bond acceptors (Lipinski definition) is 8. The molecule has 3 aliphatic carbocycles. The van der Waals surface area contributed by atoms with Gasteiger partial charge in [-0.1, -0.05) is 13.8 Å². The first-order chi connectivity index (χ1) is 18.0. The number of benzene rings is 1. The van der Waals surface area contributed by atoms with Crippen molar-refractivity contribution in [2.75, 3.05) is 62.9 Å². The first kappa shape index (κ1) is 26.5. The Bertz CT molecular complexity index is 1200. The largest absolute Gasteiger partial charge is 0.489 e. The molecule has 0 saturated heterocycles. The Morgan fingerprint density at radius 2 is 2.03 bits per heavy atom. The quantitative estimate of drug-likeness (QED) is 0.482. The lowest BCUT2D eigenvalue weighted by Gasteiger charge is -2.66. The molecule has 2 aromatic rings. The Hall–Kier alpha value is -3.07. The van der Waals surface area contributed by atoms with Crippen LogP contribution in [0.4, 0.5) is 23.1 Å². The zero-order chi connectivity index (χ0) is 27.2. The predicted octanol–water partition coefficient (Wildman–Crippen LogP) is 3.89. The zero-order valence-electron chi connectivity index (χ0n) is 23.9. The second-order valence-corrected chi connectivity index (χ2v) is 12.3. The number of hydrogen-bond donors (Lipinski definition) is 3. The van der Waals surface area contributed by atoms with Gasteiger partial charge in [-0.05, 0) is 70.2 Å². The third kappa shape index (κ3) is 4.65. The molecule has 9 heteroatoms. The predicted molar refractivity (Wildman–Crippen MR) is 152 cm³/mol. The molecule has 9 nitrogen and oxygen atoms in total. The second kappa shape index (κ2) is 9.91. The molecule has 1 aromatic heterocycles. The number of fused-ring (bicyclic) bond motifs is 3. The average molecular weight is 522 g/mol. The molecule has 4 aliphatic rings. The summed E-state index contributed by atoms with van der Waals surface area (Å²) in [5.74, 6) is 3.11. The van der Waals surface area contributed by atoms with Crippen LogP contribution in [0.1, 0.15) is 39.2 Å². The molecule has 3 N–H and O–H groups in total.